The number of pyridine rings is 1. The van der Waals surface area contributed by atoms with E-state index in [-0.39, 0.29) is 0 Å². The van der Waals surface area contributed by atoms with Crippen molar-refractivity contribution in [3.8, 4) is 0 Å². The van der Waals surface area contributed by atoms with Crippen LogP contribution >= 0.6 is 0 Å². The molecule has 2 rings (SSSR count). The fraction of sp³-hybridized carbons (Fsp3) is 0. The molecule has 0 saturated heterocycles. The van der Waals surface area contributed by atoms with Crippen molar-refractivity contribution in [3.63, 3.8) is 0 Å². The smallest absolute Gasteiger partial charge is 0.430 e. The average Bonchev–Trinajstić information content (AvgIpc) is 2.19. The molecule has 0 atom stereocenters. The summed E-state index contributed by atoms with van der Waals surface area (Å²) in [5.41, 5.74) is 0. The standard InChI is InChI=1S/C9H7N.BH3O2/c1-2-4-9-7-10-6-5-8(9)3-1;2-1-3/h1-7H;1-3H. The molecule has 1 aromatic heterocycles. The molecular weight excluding hydrogens is 165 g/mol. The van der Waals surface area contributed by atoms with E-state index in [1.165, 1.54) is 10.8 Å². The molecule has 0 aliphatic heterocycles. The van der Waals surface area contributed by atoms with Crippen LogP contribution in [0.4, 0.5) is 0 Å². The number of hydrogen-bond acceptors (Lipinski definition) is 3. The fourth-order valence-corrected chi connectivity index (χ4v) is 1.03. The van der Waals surface area contributed by atoms with E-state index in [2.05, 4.69) is 17.1 Å². The Morgan fingerprint density at radius 1 is 1.00 bits per heavy atom. The Morgan fingerprint density at radius 2 is 1.62 bits per heavy atom. The van der Waals surface area contributed by atoms with Gasteiger partial charge in [0.25, 0.3) is 0 Å². The quantitative estimate of drug-likeness (QED) is 0.572. The molecule has 4 heteroatoms. The monoisotopic (exact) mass is 175 g/mol. The minimum absolute atomic E-state index is 0.750. The van der Waals surface area contributed by atoms with Crippen LogP contribution in [-0.4, -0.2) is 22.7 Å². The molecule has 0 fully saturated rings. The van der Waals surface area contributed by atoms with Gasteiger partial charge in [-0.1, -0.05) is 24.3 Å². The highest BCUT2D eigenvalue weighted by Crippen LogP contribution is 2.09. The first kappa shape index (κ1) is 9.70. The van der Waals surface area contributed by atoms with Gasteiger partial charge in [-0.25, -0.2) is 0 Å². The second-order valence-electron chi connectivity index (χ2n) is 2.36. The van der Waals surface area contributed by atoms with Crippen molar-refractivity contribution in [2.75, 3.05) is 0 Å². The summed E-state index contributed by atoms with van der Waals surface area (Å²) in [6, 6.07) is 10.2. The van der Waals surface area contributed by atoms with Crippen molar-refractivity contribution < 1.29 is 10.0 Å². The van der Waals surface area contributed by atoms with E-state index in [0.717, 1.165) is 0 Å². The zero-order chi connectivity index (χ0) is 9.52. The van der Waals surface area contributed by atoms with Crippen molar-refractivity contribution in [1.82, 2.24) is 4.98 Å². The van der Waals surface area contributed by atoms with Crippen molar-refractivity contribution in [2.45, 2.75) is 0 Å². The normalized spacial score (nSPS) is 8.77. The molecule has 0 bridgehead atoms. The SMILES string of the molecule is OBO.c1ccc2cnccc2c1. The van der Waals surface area contributed by atoms with Crippen molar-refractivity contribution in [1.29, 1.82) is 0 Å². The largest absolute Gasteiger partial charge is 0.432 e. The summed E-state index contributed by atoms with van der Waals surface area (Å²) >= 11 is 0. The maximum atomic E-state index is 7.12. The Labute approximate surface area is 77.0 Å². The van der Waals surface area contributed by atoms with Crippen LogP contribution < -0.4 is 0 Å². The maximum Gasteiger partial charge on any atom is 0.432 e. The number of nitrogens with zero attached hydrogens (tertiary/aromatic N) is 1. The zero-order valence-corrected chi connectivity index (χ0v) is 7.09. The molecule has 0 amide bonds. The number of rotatable bonds is 0. The predicted octanol–water partition coefficient (Wildman–Crippen LogP) is 0.472. The van der Waals surface area contributed by atoms with Crippen molar-refractivity contribution >= 4 is 18.5 Å². The molecule has 0 radical (unpaired) electrons. The Balaban J connectivity index is 0.000000251. The third-order valence-electron chi connectivity index (χ3n) is 1.55. The highest BCUT2D eigenvalue weighted by Gasteiger charge is 1.86. The Hall–Kier alpha value is -1.39. The lowest BCUT2D eigenvalue weighted by atomic mass is 10.2. The summed E-state index contributed by atoms with van der Waals surface area (Å²) in [5.74, 6) is 0. The van der Waals surface area contributed by atoms with Crippen LogP contribution in [0.1, 0.15) is 0 Å². The van der Waals surface area contributed by atoms with E-state index < -0.39 is 7.69 Å². The van der Waals surface area contributed by atoms with Gasteiger partial charge in [0.1, 0.15) is 0 Å². The number of benzene rings is 1. The van der Waals surface area contributed by atoms with Gasteiger partial charge >= 0.3 is 7.69 Å². The first-order valence-corrected chi connectivity index (χ1v) is 3.89. The van der Waals surface area contributed by atoms with Gasteiger partial charge in [-0.2, -0.15) is 0 Å². The van der Waals surface area contributed by atoms with Gasteiger partial charge in [0.2, 0.25) is 0 Å². The summed E-state index contributed by atoms with van der Waals surface area (Å²) in [4.78, 5) is 4.01. The van der Waals surface area contributed by atoms with E-state index in [1.54, 1.807) is 0 Å². The average molecular weight is 175 g/mol. The van der Waals surface area contributed by atoms with Gasteiger partial charge in [0, 0.05) is 12.4 Å². The van der Waals surface area contributed by atoms with Crippen LogP contribution in [-0.2, 0) is 0 Å². The van der Waals surface area contributed by atoms with Gasteiger partial charge in [-0.3, -0.25) is 4.98 Å². The first-order valence-electron chi connectivity index (χ1n) is 3.89. The van der Waals surface area contributed by atoms with Crippen LogP contribution in [0, 0.1) is 0 Å². The van der Waals surface area contributed by atoms with Gasteiger partial charge in [0.05, 0.1) is 0 Å². The third-order valence-corrected chi connectivity index (χ3v) is 1.55. The molecule has 3 nitrogen and oxygen atoms in total. The molecule has 0 aliphatic carbocycles. The molecule has 0 aliphatic rings. The fourth-order valence-electron chi connectivity index (χ4n) is 1.03. The van der Waals surface area contributed by atoms with E-state index >= 15 is 0 Å². The molecule has 0 spiro atoms. The number of aromatic nitrogens is 1. The molecule has 0 saturated carbocycles. The summed E-state index contributed by atoms with van der Waals surface area (Å²) in [6.45, 7) is 0. The van der Waals surface area contributed by atoms with E-state index in [4.69, 9.17) is 10.0 Å². The maximum absolute atomic E-state index is 7.12. The first-order chi connectivity index (χ1) is 6.38. The molecule has 1 heterocycles. The summed E-state index contributed by atoms with van der Waals surface area (Å²) in [7, 11) is -0.750. The summed E-state index contributed by atoms with van der Waals surface area (Å²) in [5, 5.41) is 16.7. The van der Waals surface area contributed by atoms with E-state index in [0.29, 0.717) is 0 Å². The van der Waals surface area contributed by atoms with Gasteiger partial charge in [-0.15, -0.1) is 0 Å². The van der Waals surface area contributed by atoms with E-state index in [9.17, 15) is 0 Å². The highest BCUT2D eigenvalue weighted by atomic mass is 16.4. The second-order valence-corrected chi connectivity index (χ2v) is 2.36. The number of fused-ring (bicyclic) bond motifs is 1. The lowest BCUT2D eigenvalue weighted by Gasteiger charge is -1.91. The van der Waals surface area contributed by atoms with Gasteiger partial charge in [0.15, 0.2) is 0 Å². The lowest BCUT2D eigenvalue weighted by Crippen LogP contribution is -1.75. The molecule has 2 N–H and O–H groups in total. The third kappa shape index (κ3) is 2.85. The topological polar surface area (TPSA) is 53.4 Å². The molecule has 2 aromatic rings. The minimum Gasteiger partial charge on any atom is -0.430 e. The van der Waals surface area contributed by atoms with Crippen LogP contribution in [0.3, 0.4) is 0 Å². The number of hydrogen-bond donors (Lipinski definition) is 2. The van der Waals surface area contributed by atoms with E-state index in [1.807, 2.05) is 30.6 Å². The van der Waals surface area contributed by atoms with Crippen LogP contribution in [0.5, 0.6) is 0 Å². The molecular formula is C9H10BNO2. The Morgan fingerprint density at radius 3 is 2.23 bits per heavy atom. The van der Waals surface area contributed by atoms with Gasteiger partial charge < -0.3 is 10.0 Å². The Kier molecular flexibility index (Phi) is 3.95. The highest BCUT2D eigenvalue weighted by molar-refractivity contribution is 6.13. The molecule has 13 heavy (non-hydrogen) atoms. The van der Waals surface area contributed by atoms with Crippen LogP contribution in [0.15, 0.2) is 42.7 Å². The zero-order valence-electron chi connectivity index (χ0n) is 7.09. The minimum atomic E-state index is -0.750. The molecule has 66 valence electrons. The van der Waals surface area contributed by atoms with Crippen molar-refractivity contribution in [3.05, 3.63) is 42.7 Å². The van der Waals surface area contributed by atoms with Gasteiger partial charge in [-0.05, 0) is 16.8 Å². The summed E-state index contributed by atoms with van der Waals surface area (Å²) < 4.78 is 0. The molecule has 1 aromatic carbocycles. The summed E-state index contributed by atoms with van der Waals surface area (Å²) in [6.07, 6.45) is 3.68. The molecule has 0 unspecified atom stereocenters. The second kappa shape index (κ2) is 5.29. The predicted molar refractivity (Wildman–Crippen MR) is 53.3 cm³/mol. The van der Waals surface area contributed by atoms with Crippen LogP contribution in [0.25, 0.3) is 10.8 Å². The van der Waals surface area contributed by atoms with Crippen molar-refractivity contribution in [2.24, 2.45) is 0 Å². The van der Waals surface area contributed by atoms with Crippen LogP contribution in [0.2, 0.25) is 0 Å². The Bertz CT molecular complexity index is 302. The lowest BCUT2D eigenvalue weighted by molar-refractivity contribution is 0.448.